The third-order valence-corrected chi connectivity index (χ3v) is 8.78. The first-order chi connectivity index (χ1) is 29.0. The van der Waals surface area contributed by atoms with E-state index in [2.05, 4.69) is 39.5 Å². The van der Waals surface area contributed by atoms with E-state index in [9.17, 15) is 28.8 Å². The quantitative estimate of drug-likeness (QED) is 0.0286. The lowest BCUT2D eigenvalue weighted by Crippen LogP contribution is -2.13. The van der Waals surface area contributed by atoms with Crippen molar-refractivity contribution in [3.05, 3.63) is 112 Å². The van der Waals surface area contributed by atoms with E-state index < -0.39 is 35.8 Å². The Morgan fingerprint density at radius 3 is 0.550 bits per heavy atom. The molecule has 12 heteroatoms. The van der Waals surface area contributed by atoms with E-state index in [4.69, 9.17) is 28.4 Å². The molecule has 0 aliphatic rings. The fourth-order valence-electron chi connectivity index (χ4n) is 5.86. The Morgan fingerprint density at radius 2 is 0.433 bits per heavy atom. The molecule has 312 valence electrons. The lowest BCUT2D eigenvalue weighted by atomic mass is 9.93. The topological polar surface area (TPSA) is 158 Å². The molecule has 0 atom stereocenters. The second-order valence-electron chi connectivity index (χ2n) is 13.3. The van der Waals surface area contributed by atoms with Crippen molar-refractivity contribution in [2.75, 3.05) is 0 Å². The van der Waals surface area contributed by atoms with Gasteiger partial charge in [0.1, 0.15) is 0 Å². The van der Waals surface area contributed by atoms with E-state index in [-0.39, 0.29) is 73.0 Å². The van der Waals surface area contributed by atoms with Crippen LogP contribution in [-0.4, -0.2) is 35.8 Å². The van der Waals surface area contributed by atoms with Gasteiger partial charge in [-0.1, -0.05) is 36.5 Å². The van der Waals surface area contributed by atoms with Gasteiger partial charge in [0.2, 0.25) is 0 Å². The molecular weight excluding hydrogens is 769 g/mol. The van der Waals surface area contributed by atoms with Gasteiger partial charge in [-0.05, 0) is 107 Å². The van der Waals surface area contributed by atoms with Gasteiger partial charge < -0.3 is 28.4 Å². The molecule has 4 aromatic carbocycles. The predicted octanol–water partition coefficient (Wildman–Crippen LogP) is 10.4. The van der Waals surface area contributed by atoms with Crippen molar-refractivity contribution >= 4 is 68.1 Å². The second kappa shape index (κ2) is 22.8. The Kier molecular flexibility index (Phi) is 17.3. The van der Waals surface area contributed by atoms with Crippen LogP contribution in [0, 0.1) is 0 Å². The normalized spacial score (nSPS) is 10.6. The van der Waals surface area contributed by atoms with Crippen molar-refractivity contribution in [2.24, 2.45) is 0 Å². The van der Waals surface area contributed by atoms with Gasteiger partial charge in [0, 0.05) is 38.5 Å². The molecule has 0 radical (unpaired) electrons. The van der Waals surface area contributed by atoms with Crippen LogP contribution < -0.4 is 28.4 Å². The monoisotopic (exact) mass is 816 g/mol. The van der Waals surface area contributed by atoms with Crippen molar-refractivity contribution in [1.29, 1.82) is 0 Å². The van der Waals surface area contributed by atoms with Gasteiger partial charge in [-0.2, -0.15) is 0 Å². The lowest BCUT2D eigenvalue weighted by molar-refractivity contribution is -0.137. The Morgan fingerprint density at radius 1 is 0.300 bits per heavy atom. The maximum Gasteiger partial charge on any atom is 0.311 e. The Labute approximate surface area is 348 Å². The zero-order chi connectivity index (χ0) is 43.6. The molecular formula is C48H48O12. The van der Waals surface area contributed by atoms with Gasteiger partial charge in [0.25, 0.3) is 0 Å². The van der Waals surface area contributed by atoms with Gasteiger partial charge >= 0.3 is 35.8 Å². The zero-order valence-corrected chi connectivity index (χ0v) is 33.6. The van der Waals surface area contributed by atoms with Crippen LogP contribution in [-0.2, 0) is 28.8 Å². The number of allylic oxidation sites excluding steroid dienone is 6. The smallest absolute Gasteiger partial charge is 0.311 e. The molecule has 0 aliphatic carbocycles. The minimum absolute atomic E-state index is 0.0237. The first-order valence-corrected chi connectivity index (χ1v) is 19.4. The summed E-state index contributed by atoms with van der Waals surface area (Å²) in [6, 6.07) is 8.98. The number of esters is 6. The van der Waals surface area contributed by atoms with Crippen LogP contribution in [0.1, 0.15) is 77.0 Å². The Bertz CT molecular complexity index is 1910. The summed E-state index contributed by atoms with van der Waals surface area (Å²) in [4.78, 5) is 78.3. The second-order valence-corrected chi connectivity index (χ2v) is 13.3. The van der Waals surface area contributed by atoms with E-state index in [0.29, 0.717) is 70.8 Å². The van der Waals surface area contributed by atoms with Gasteiger partial charge in [-0.15, -0.1) is 39.5 Å². The van der Waals surface area contributed by atoms with Crippen molar-refractivity contribution in [2.45, 2.75) is 77.0 Å². The van der Waals surface area contributed by atoms with Crippen LogP contribution in [0.25, 0.3) is 32.3 Å². The number of carbonyl (C=O) groups excluding carboxylic acids is 6. The number of hydrogen-bond acceptors (Lipinski definition) is 12. The van der Waals surface area contributed by atoms with Crippen LogP contribution in [0.5, 0.6) is 34.5 Å². The molecule has 0 N–H and O–H groups in total. The largest absolute Gasteiger partial charge is 0.422 e. The molecule has 4 aromatic rings. The number of hydrogen-bond donors (Lipinski definition) is 0. The first-order valence-electron chi connectivity index (χ1n) is 19.4. The molecule has 0 saturated heterocycles. The number of fused-ring (bicyclic) bond motifs is 6. The van der Waals surface area contributed by atoms with E-state index in [0.717, 1.165) is 0 Å². The van der Waals surface area contributed by atoms with Crippen molar-refractivity contribution < 1.29 is 57.2 Å². The fourth-order valence-corrected chi connectivity index (χ4v) is 5.86. The third-order valence-electron chi connectivity index (χ3n) is 8.78. The first kappa shape index (κ1) is 45.6. The van der Waals surface area contributed by atoms with Gasteiger partial charge in [-0.3, -0.25) is 28.8 Å². The number of ether oxygens (including phenoxy) is 6. The Balaban J connectivity index is 2.18. The van der Waals surface area contributed by atoms with Crippen molar-refractivity contribution in [3.8, 4) is 34.5 Å². The summed E-state index contributed by atoms with van der Waals surface area (Å²) in [7, 11) is 0. The van der Waals surface area contributed by atoms with Crippen LogP contribution in [0.15, 0.2) is 112 Å². The summed E-state index contributed by atoms with van der Waals surface area (Å²) >= 11 is 0. The highest BCUT2D eigenvalue weighted by molar-refractivity contribution is 6.27. The minimum atomic E-state index is -0.634. The summed E-state index contributed by atoms with van der Waals surface area (Å²) in [5.74, 6) is -4.40. The number of carbonyl (C=O) groups is 6. The molecule has 60 heavy (non-hydrogen) atoms. The van der Waals surface area contributed by atoms with Gasteiger partial charge in [0.05, 0.1) is 0 Å². The summed E-state index contributed by atoms with van der Waals surface area (Å²) < 4.78 is 34.7. The standard InChI is InChI=1S/C48H48O12/c1-7-13-19-43(49)55-37-25-31-32(26-38(37)56-44(50)20-14-8-2)34-28-40(58-46(52)22-16-10-4)42(60-48(54)24-18-12-6)30-36(34)35-29-41(59-47(53)23-17-11-5)39(27-33(31)35)57-45(51)21-15-9-3/h7-12,25-30H,1-6,13-24H2. The summed E-state index contributed by atoms with van der Waals surface area (Å²) in [5.41, 5.74) is 0. The molecule has 0 amide bonds. The summed E-state index contributed by atoms with van der Waals surface area (Å²) in [6.07, 6.45) is 11.1. The maximum atomic E-state index is 13.0. The highest BCUT2D eigenvalue weighted by atomic mass is 16.6. The average molecular weight is 817 g/mol. The average Bonchev–Trinajstić information content (AvgIpc) is 3.22. The van der Waals surface area contributed by atoms with Crippen molar-refractivity contribution in [1.82, 2.24) is 0 Å². The molecule has 0 aliphatic heterocycles. The number of benzene rings is 4. The lowest BCUT2D eigenvalue weighted by Gasteiger charge is -2.19. The van der Waals surface area contributed by atoms with E-state index in [1.807, 2.05) is 0 Å². The molecule has 0 unspecified atom stereocenters. The third kappa shape index (κ3) is 12.5. The molecule has 0 heterocycles. The molecule has 0 spiro atoms. The van der Waals surface area contributed by atoms with Crippen molar-refractivity contribution in [3.63, 3.8) is 0 Å². The molecule has 0 fully saturated rings. The molecule has 0 saturated carbocycles. The van der Waals surface area contributed by atoms with E-state index >= 15 is 0 Å². The van der Waals surface area contributed by atoms with Gasteiger partial charge in [-0.25, -0.2) is 0 Å². The summed E-state index contributed by atoms with van der Waals surface area (Å²) in [5, 5.41) is 2.35. The highest BCUT2D eigenvalue weighted by Crippen LogP contribution is 2.47. The molecule has 0 bridgehead atoms. The van der Waals surface area contributed by atoms with Crippen LogP contribution in [0.2, 0.25) is 0 Å². The highest BCUT2D eigenvalue weighted by Gasteiger charge is 2.24. The van der Waals surface area contributed by atoms with E-state index in [1.54, 1.807) is 36.5 Å². The summed E-state index contributed by atoms with van der Waals surface area (Å²) in [6.45, 7) is 22.0. The maximum absolute atomic E-state index is 13.0. The van der Waals surface area contributed by atoms with Crippen LogP contribution >= 0.6 is 0 Å². The minimum Gasteiger partial charge on any atom is -0.422 e. The Hall–Kier alpha value is -7.08. The van der Waals surface area contributed by atoms with Crippen LogP contribution in [0.4, 0.5) is 0 Å². The predicted molar refractivity (Wildman–Crippen MR) is 229 cm³/mol. The SMILES string of the molecule is C=CCCC(=O)Oc1cc2c3cc(OC(=O)CCC=C)c(OC(=O)CCC=C)cc3c3cc(OC(=O)CCC=C)c(OC(=O)CCC=C)cc3c2cc1OC(=O)CCC=C. The zero-order valence-electron chi connectivity index (χ0n) is 33.6. The molecule has 4 rings (SSSR count). The van der Waals surface area contributed by atoms with E-state index in [1.165, 1.54) is 36.4 Å². The fraction of sp³-hybridized carbons (Fsp3) is 0.250. The van der Waals surface area contributed by atoms with Crippen LogP contribution in [0.3, 0.4) is 0 Å². The van der Waals surface area contributed by atoms with Gasteiger partial charge in [0.15, 0.2) is 34.5 Å². The number of rotatable bonds is 24. The molecule has 0 aromatic heterocycles. The molecule has 12 nitrogen and oxygen atoms in total.